The topological polar surface area (TPSA) is 82.1 Å². The van der Waals surface area contributed by atoms with Crippen molar-refractivity contribution in [1.82, 2.24) is 9.80 Å². The highest BCUT2D eigenvalue weighted by Crippen LogP contribution is 2.25. The van der Waals surface area contributed by atoms with Crippen molar-refractivity contribution in [3.8, 4) is 11.5 Å². The Morgan fingerprint density at radius 3 is 2.20 bits per heavy atom. The van der Waals surface area contributed by atoms with Gasteiger partial charge in [-0.3, -0.25) is 4.90 Å². The van der Waals surface area contributed by atoms with Gasteiger partial charge in [0.25, 0.3) is 0 Å². The highest BCUT2D eigenvalue weighted by atomic mass is 35.5. The van der Waals surface area contributed by atoms with Gasteiger partial charge in [-0.05, 0) is 73.4 Å². The Kier molecular flexibility index (Phi) is 11.3. The van der Waals surface area contributed by atoms with E-state index < -0.39 is 17.6 Å². The highest BCUT2D eigenvalue weighted by Gasteiger charge is 2.28. The second kappa shape index (κ2) is 14.6. The van der Waals surface area contributed by atoms with Gasteiger partial charge in [0.2, 0.25) is 0 Å². The molecule has 1 saturated heterocycles. The lowest BCUT2D eigenvalue weighted by atomic mass is 10.0. The number of nitrogens with one attached hydrogen (secondary N) is 1. The Morgan fingerprint density at radius 2 is 1.62 bits per heavy atom. The van der Waals surface area contributed by atoms with Gasteiger partial charge in [-0.2, -0.15) is 0 Å². The molecule has 3 aromatic rings. The molecule has 214 valence electrons. The molecular formula is C30H34ClF2N3O4. The Morgan fingerprint density at radius 1 is 1.00 bits per heavy atom. The van der Waals surface area contributed by atoms with Crippen LogP contribution in [0.4, 0.5) is 19.3 Å². The minimum atomic E-state index is -0.979. The summed E-state index contributed by atoms with van der Waals surface area (Å²) < 4.78 is 33.2. The average Bonchev–Trinajstić information content (AvgIpc) is 2.93. The number of aromatic carboxylic acids is 1. The third-order valence-corrected chi connectivity index (χ3v) is 6.85. The Hall–Kier alpha value is -3.69. The fourth-order valence-electron chi connectivity index (χ4n) is 4.67. The van der Waals surface area contributed by atoms with Crippen LogP contribution < -0.4 is 10.1 Å². The molecule has 3 aromatic carbocycles. The van der Waals surface area contributed by atoms with Crippen LogP contribution in [-0.4, -0.2) is 52.6 Å². The van der Waals surface area contributed by atoms with E-state index >= 15 is 0 Å². The zero-order valence-electron chi connectivity index (χ0n) is 22.3. The quantitative estimate of drug-likeness (QED) is 0.268. The van der Waals surface area contributed by atoms with Crippen LogP contribution in [0.3, 0.4) is 0 Å². The van der Waals surface area contributed by atoms with E-state index in [0.717, 1.165) is 63.0 Å². The van der Waals surface area contributed by atoms with Crippen molar-refractivity contribution < 1.29 is 28.2 Å². The van der Waals surface area contributed by atoms with Crippen molar-refractivity contribution in [2.24, 2.45) is 0 Å². The first-order chi connectivity index (χ1) is 18.8. The molecule has 7 nitrogen and oxygen atoms in total. The van der Waals surface area contributed by atoms with Gasteiger partial charge in [0.15, 0.2) is 0 Å². The van der Waals surface area contributed by atoms with Crippen LogP contribution in [0.5, 0.6) is 11.5 Å². The number of carboxylic acid groups (broad SMARTS) is 1. The smallest absolute Gasteiger partial charge is 0.335 e. The number of benzene rings is 3. The molecule has 4 rings (SSSR count). The van der Waals surface area contributed by atoms with Crippen LogP contribution in [0.1, 0.15) is 48.5 Å². The molecule has 0 spiro atoms. The Bertz CT molecular complexity index is 1270. The van der Waals surface area contributed by atoms with E-state index in [-0.39, 0.29) is 35.7 Å². The van der Waals surface area contributed by atoms with Crippen LogP contribution in [0.15, 0.2) is 66.7 Å². The molecule has 1 heterocycles. The number of likely N-dealkylation sites (tertiary alicyclic amines) is 1. The summed E-state index contributed by atoms with van der Waals surface area (Å²) in [5.74, 6) is -1.23. The van der Waals surface area contributed by atoms with Gasteiger partial charge in [-0.25, -0.2) is 18.4 Å². The van der Waals surface area contributed by atoms with Crippen molar-refractivity contribution in [2.75, 3.05) is 25.0 Å². The molecule has 2 amide bonds. The molecule has 0 unspecified atom stereocenters. The first-order valence-corrected chi connectivity index (χ1v) is 13.2. The monoisotopic (exact) mass is 573 g/mol. The van der Waals surface area contributed by atoms with Crippen molar-refractivity contribution in [2.45, 2.75) is 45.2 Å². The average molecular weight is 574 g/mol. The second-order valence-corrected chi connectivity index (χ2v) is 9.68. The zero-order chi connectivity index (χ0) is 27.8. The molecule has 0 saturated carbocycles. The van der Waals surface area contributed by atoms with Gasteiger partial charge >= 0.3 is 12.0 Å². The Balaban J connectivity index is 0.00000441. The number of halogens is 3. The lowest BCUT2D eigenvalue weighted by Crippen LogP contribution is -2.49. The lowest BCUT2D eigenvalue weighted by molar-refractivity contribution is 0.0696. The molecule has 0 radical (unpaired) electrons. The van der Waals surface area contributed by atoms with E-state index in [0.29, 0.717) is 18.0 Å². The predicted molar refractivity (Wildman–Crippen MR) is 152 cm³/mol. The van der Waals surface area contributed by atoms with Crippen LogP contribution in [0.25, 0.3) is 0 Å². The minimum absolute atomic E-state index is 0. The number of carboxylic acids is 1. The van der Waals surface area contributed by atoms with Crippen LogP contribution in [-0.2, 0) is 6.54 Å². The van der Waals surface area contributed by atoms with Crippen molar-refractivity contribution in [1.29, 1.82) is 0 Å². The van der Waals surface area contributed by atoms with Gasteiger partial charge < -0.3 is 20.1 Å². The first-order valence-electron chi connectivity index (χ1n) is 13.2. The molecule has 0 bridgehead atoms. The third-order valence-electron chi connectivity index (χ3n) is 6.85. The highest BCUT2D eigenvalue weighted by molar-refractivity contribution is 5.89. The molecule has 2 N–H and O–H groups in total. The summed E-state index contributed by atoms with van der Waals surface area (Å²) in [6.45, 7) is 5.04. The van der Waals surface area contributed by atoms with E-state index in [1.807, 2.05) is 24.3 Å². The van der Waals surface area contributed by atoms with Crippen LogP contribution in [0.2, 0.25) is 0 Å². The number of hydrogen-bond donors (Lipinski definition) is 2. The molecule has 40 heavy (non-hydrogen) atoms. The summed E-state index contributed by atoms with van der Waals surface area (Å²) in [5.41, 5.74) is 1.32. The molecule has 1 aliphatic heterocycles. The SMILES string of the molecule is CCCCN(C(=O)Nc1ccc(F)cc1F)C1CCN(Cc2ccc(Oc3ccc(C(=O)O)cc3)cc2)CC1.Cl. The standard InChI is InChI=1S/C30H33F2N3O4.ClH/c1-2-3-16-35(30(38)33-28-13-8-23(31)19-27(28)32)24-14-17-34(18-15-24)20-21-4-9-25(10-5-21)39-26-11-6-22(7-12-26)29(36)37;/h4-13,19,24H,2-3,14-18,20H2,1H3,(H,33,38)(H,36,37);1H. The molecule has 1 fully saturated rings. The van der Waals surface area contributed by atoms with Gasteiger partial charge in [-0.15, -0.1) is 12.4 Å². The van der Waals surface area contributed by atoms with Crippen molar-refractivity contribution in [3.63, 3.8) is 0 Å². The number of urea groups is 1. The van der Waals surface area contributed by atoms with E-state index in [9.17, 15) is 18.4 Å². The number of carbonyl (C=O) groups is 2. The summed E-state index contributed by atoms with van der Waals surface area (Å²) in [5, 5.41) is 11.6. The maximum Gasteiger partial charge on any atom is 0.335 e. The van der Waals surface area contributed by atoms with Gasteiger partial charge in [0.05, 0.1) is 11.3 Å². The first kappa shape index (κ1) is 30.8. The van der Waals surface area contributed by atoms with Gasteiger partial charge in [0, 0.05) is 38.3 Å². The molecule has 0 atom stereocenters. The summed E-state index contributed by atoms with van der Waals surface area (Å²) >= 11 is 0. The number of anilines is 1. The van der Waals surface area contributed by atoms with Crippen molar-refractivity contribution in [3.05, 3.63) is 89.5 Å². The summed E-state index contributed by atoms with van der Waals surface area (Å²) in [6.07, 6.45) is 3.38. The maximum atomic E-state index is 14.1. The third kappa shape index (κ3) is 8.40. The van der Waals surface area contributed by atoms with E-state index in [1.54, 1.807) is 17.0 Å². The molecule has 0 aliphatic carbocycles. The normalized spacial score (nSPS) is 13.8. The lowest BCUT2D eigenvalue weighted by Gasteiger charge is -2.38. The summed E-state index contributed by atoms with van der Waals surface area (Å²) in [4.78, 5) is 28.2. The fraction of sp³-hybridized carbons (Fsp3) is 0.333. The van der Waals surface area contributed by atoms with Crippen molar-refractivity contribution >= 4 is 30.1 Å². The number of carbonyl (C=O) groups excluding carboxylic acids is 1. The molecular weight excluding hydrogens is 540 g/mol. The van der Waals surface area contributed by atoms with Gasteiger partial charge in [0.1, 0.15) is 23.1 Å². The number of rotatable bonds is 10. The number of amides is 2. The molecule has 10 heteroatoms. The van der Waals surface area contributed by atoms with E-state index in [4.69, 9.17) is 9.84 Å². The maximum absolute atomic E-state index is 14.1. The largest absolute Gasteiger partial charge is 0.478 e. The number of unbranched alkanes of at least 4 members (excludes halogenated alkanes) is 1. The van der Waals surface area contributed by atoms with E-state index in [2.05, 4.69) is 17.1 Å². The number of piperidine rings is 1. The second-order valence-electron chi connectivity index (χ2n) is 9.68. The van der Waals surface area contributed by atoms with Gasteiger partial charge in [-0.1, -0.05) is 25.5 Å². The summed E-state index contributed by atoms with van der Waals surface area (Å²) in [6, 6.07) is 16.9. The number of hydrogen-bond acceptors (Lipinski definition) is 4. The fourth-order valence-corrected chi connectivity index (χ4v) is 4.67. The predicted octanol–water partition coefficient (Wildman–Crippen LogP) is 7.18. The van der Waals surface area contributed by atoms with Crippen LogP contribution in [0, 0.1) is 11.6 Å². The van der Waals surface area contributed by atoms with E-state index in [1.165, 1.54) is 18.2 Å². The minimum Gasteiger partial charge on any atom is -0.478 e. The molecule has 1 aliphatic rings. The summed E-state index contributed by atoms with van der Waals surface area (Å²) in [7, 11) is 0. The number of nitrogens with zero attached hydrogens (tertiary/aromatic N) is 2. The zero-order valence-corrected chi connectivity index (χ0v) is 23.1. The number of ether oxygens (including phenoxy) is 1. The van der Waals surface area contributed by atoms with Crippen LogP contribution >= 0.6 is 12.4 Å². The molecule has 0 aromatic heterocycles. The Labute approximate surface area is 239 Å².